The van der Waals surface area contributed by atoms with E-state index in [1.165, 1.54) is 0 Å². The summed E-state index contributed by atoms with van der Waals surface area (Å²) >= 11 is 3.60. The van der Waals surface area contributed by atoms with Gasteiger partial charge < -0.3 is 9.47 Å². The smallest absolute Gasteiger partial charge is 0.235 e. The maximum atomic E-state index is 10.8. The molecule has 0 aliphatic heterocycles. The summed E-state index contributed by atoms with van der Waals surface area (Å²) in [6.45, 7) is 2.06. The SMILES string of the molecule is CCc1c(OC)c(OC)cc(Br)c1C1(N=C=O)CCC1. The van der Waals surface area contributed by atoms with Gasteiger partial charge in [0.05, 0.1) is 19.8 Å². The molecular formula is C15H18BrNO3. The van der Waals surface area contributed by atoms with E-state index in [1.807, 2.05) is 6.07 Å². The van der Waals surface area contributed by atoms with Crippen molar-refractivity contribution in [2.75, 3.05) is 14.2 Å². The molecule has 1 fully saturated rings. The lowest BCUT2D eigenvalue weighted by Crippen LogP contribution is -2.33. The Morgan fingerprint density at radius 2 is 2.10 bits per heavy atom. The van der Waals surface area contributed by atoms with Gasteiger partial charge in [0.25, 0.3) is 0 Å². The maximum Gasteiger partial charge on any atom is 0.235 e. The first-order chi connectivity index (χ1) is 9.63. The zero-order valence-corrected chi connectivity index (χ0v) is 13.5. The highest BCUT2D eigenvalue weighted by atomic mass is 79.9. The van der Waals surface area contributed by atoms with Crippen LogP contribution in [-0.2, 0) is 16.8 Å². The molecule has 1 aliphatic rings. The van der Waals surface area contributed by atoms with Crippen LogP contribution in [0, 0.1) is 0 Å². The number of ether oxygens (including phenoxy) is 2. The van der Waals surface area contributed by atoms with Gasteiger partial charge in [-0.3, -0.25) is 0 Å². The Morgan fingerprint density at radius 1 is 1.40 bits per heavy atom. The summed E-state index contributed by atoms with van der Waals surface area (Å²) < 4.78 is 11.8. The summed E-state index contributed by atoms with van der Waals surface area (Å²) in [6, 6.07) is 1.88. The lowest BCUT2D eigenvalue weighted by Gasteiger charge is -2.39. The van der Waals surface area contributed by atoms with Gasteiger partial charge in [-0.2, -0.15) is 4.99 Å². The van der Waals surface area contributed by atoms with E-state index in [1.54, 1.807) is 20.3 Å². The molecule has 1 aromatic carbocycles. The van der Waals surface area contributed by atoms with Crippen LogP contribution < -0.4 is 9.47 Å². The minimum atomic E-state index is -0.453. The van der Waals surface area contributed by atoms with Crippen LogP contribution in [0.25, 0.3) is 0 Å². The molecule has 0 unspecified atom stereocenters. The Kier molecular flexibility index (Phi) is 4.51. The van der Waals surface area contributed by atoms with Gasteiger partial charge in [-0.25, -0.2) is 4.79 Å². The molecule has 0 saturated heterocycles. The Bertz CT molecular complexity index is 561. The third-order valence-corrected chi connectivity index (χ3v) is 4.61. The summed E-state index contributed by atoms with van der Waals surface area (Å²) in [5, 5.41) is 0. The van der Waals surface area contributed by atoms with Crippen molar-refractivity contribution < 1.29 is 14.3 Å². The third kappa shape index (κ3) is 2.25. The molecule has 0 spiro atoms. The molecule has 0 amide bonds. The number of isocyanates is 1. The number of halogens is 1. The minimum absolute atomic E-state index is 0.453. The average molecular weight is 340 g/mol. The lowest BCUT2D eigenvalue weighted by atomic mass is 9.70. The van der Waals surface area contributed by atoms with Gasteiger partial charge in [0.1, 0.15) is 0 Å². The molecule has 0 bridgehead atoms. The fourth-order valence-electron chi connectivity index (χ4n) is 2.89. The zero-order valence-electron chi connectivity index (χ0n) is 12.0. The molecule has 4 nitrogen and oxygen atoms in total. The van der Waals surface area contributed by atoms with E-state index < -0.39 is 5.54 Å². The summed E-state index contributed by atoms with van der Waals surface area (Å²) in [6.07, 6.45) is 5.31. The molecular weight excluding hydrogens is 322 g/mol. The number of hydrogen-bond donors (Lipinski definition) is 0. The van der Waals surface area contributed by atoms with E-state index >= 15 is 0 Å². The first-order valence-corrected chi connectivity index (χ1v) is 7.45. The first kappa shape index (κ1) is 15.1. The molecule has 1 saturated carbocycles. The first-order valence-electron chi connectivity index (χ1n) is 6.66. The number of benzene rings is 1. The van der Waals surface area contributed by atoms with Crippen molar-refractivity contribution in [1.82, 2.24) is 0 Å². The summed E-state index contributed by atoms with van der Waals surface area (Å²) in [5.41, 5.74) is 1.62. The molecule has 0 atom stereocenters. The summed E-state index contributed by atoms with van der Waals surface area (Å²) in [4.78, 5) is 14.9. The van der Waals surface area contributed by atoms with Gasteiger partial charge in [-0.05, 0) is 31.7 Å². The van der Waals surface area contributed by atoms with Crippen molar-refractivity contribution in [2.24, 2.45) is 4.99 Å². The molecule has 5 heteroatoms. The number of carbonyl (C=O) groups excluding carboxylic acids is 1. The van der Waals surface area contributed by atoms with Crippen LogP contribution in [0.2, 0.25) is 0 Å². The van der Waals surface area contributed by atoms with Crippen LogP contribution in [0.5, 0.6) is 11.5 Å². The van der Waals surface area contributed by atoms with Crippen LogP contribution in [0.4, 0.5) is 0 Å². The summed E-state index contributed by atoms with van der Waals surface area (Å²) in [5.74, 6) is 1.41. The highest BCUT2D eigenvalue weighted by Gasteiger charge is 2.43. The molecule has 1 aliphatic carbocycles. The third-order valence-electron chi connectivity index (χ3n) is 3.98. The van der Waals surface area contributed by atoms with Crippen molar-refractivity contribution in [1.29, 1.82) is 0 Å². The number of rotatable bonds is 5. The van der Waals surface area contributed by atoms with Crippen molar-refractivity contribution in [2.45, 2.75) is 38.1 Å². The van der Waals surface area contributed by atoms with E-state index in [4.69, 9.17) is 9.47 Å². The highest BCUT2D eigenvalue weighted by molar-refractivity contribution is 9.10. The summed E-state index contributed by atoms with van der Waals surface area (Å²) in [7, 11) is 3.25. The zero-order chi connectivity index (χ0) is 14.8. The molecule has 0 aromatic heterocycles. The second-order valence-electron chi connectivity index (χ2n) is 4.89. The minimum Gasteiger partial charge on any atom is -0.493 e. The van der Waals surface area contributed by atoms with Crippen LogP contribution in [0.15, 0.2) is 15.5 Å². The molecule has 0 heterocycles. The van der Waals surface area contributed by atoms with Crippen LogP contribution >= 0.6 is 15.9 Å². The number of hydrogen-bond acceptors (Lipinski definition) is 4. The second-order valence-corrected chi connectivity index (χ2v) is 5.74. The van der Waals surface area contributed by atoms with Gasteiger partial charge >= 0.3 is 0 Å². The Labute approximate surface area is 127 Å². The van der Waals surface area contributed by atoms with Gasteiger partial charge in [0.15, 0.2) is 11.5 Å². The predicted octanol–water partition coefficient (Wildman–Crippen LogP) is 3.74. The lowest BCUT2D eigenvalue weighted by molar-refractivity contribution is 0.250. The largest absolute Gasteiger partial charge is 0.493 e. The number of aliphatic imine (C=N–C) groups is 1. The Balaban J connectivity index is 2.72. The van der Waals surface area contributed by atoms with Crippen molar-refractivity contribution >= 4 is 22.0 Å². The highest BCUT2D eigenvalue weighted by Crippen LogP contribution is 2.52. The van der Waals surface area contributed by atoms with E-state index in [-0.39, 0.29) is 0 Å². The molecule has 20 heavy (non-hydrogen) atoms. The van der Waals surface area contributed by atoms with Crippen LogP contribution in [0.3, 0.4) is 0 Å². The average Bonchev–Trinajstić information content (AvgIpc) is 2.42. The molecule has 1 aromatic rings. The van der Waals surface area contributed by atoms with Crippen molar-refractivity contribution in [3.05, 3.63) is 21.7 Å². The predicted molar refractivity (Wildman–Crippen MR) is 80.3 cm³/mol. The van der Waals surface area contributed by atoms with E-state index in [0.29, 0.717) is 5.75 Å². The Hall–Kier alpha value is -1.32. The molecule has 2 rings (SSSR count). The maximum absolute atomic E-state index is 10.8. The monoisotopic (exact) mass is 339 g/mol. The number of methoxy groups -OCH3 is 2. The van der Waals surface area contributed by atoms with Gasteiger partial charge in [0.2, 0.25) is 6.08 Å². The van der Waals surface area contributed by atoms with Crippen LogP contribution in [0.1, 0.15) is 37.3 Å². The second kappa shape index (κ2) is 5.98. The Morgan fingerprint density at radius 3 is 2.50 bits per heavy atom. The molecule has 0 N–H and O–H groups in total. The van der Waals surface area contributed by atoms with Gasteiger partial charge in [-0.1, -0.05) is 22.9 Å². The van der Waals surface area contributed by atoms with E-state index in [9.17, 15) is 4.79 Å². The molecule has 108 valence electrons. The van der Waals surface area contributed by atoms with E-state index in [2.05, 4.69) is 27.8 Å². The molecule has 0 radical (unpaired) electrons. The van der Waals surface area contributed by atoms with Crippen molar-refractivity contribution in [3.63, 3.8) is 0 Å². The number of nitrogens with zero attached hydrogens (tertiary/aromatic N) is 1. The quantitative estimate of drug-likeness (QED) is 0.606. The van der Waals surface area contributed by atoms with E-state index in [0.717, 1.165) is 47.0 Å². The topological polar surface area (TPSA) is 47.9 Å². The van der Waals surface area contributed by atoms with Gasteiger partial charge in [-0.15, -0.1) is 0 Å². The normalized spacial score (nSPS) is 16.0. The van der Waals surface area contributed by atoms with Crippen molar-refractivity contribution in [3.8, 4) is 11.5 Å². The fraction of sp³-hybridized carbons (Fsp3) is 0.533. The van der Waals surface area contributed by atoms with Crippen LogP contribution in [-0.4, -0.2) is 20.3 Å². The fourth-order valence-corrected chi connectivity index (χ4v) is 3.71. The standard InChI is InChI=1S/C15H18BrNO3/c1-4-10-13(15(17-9-18)6-5-7-15)11(16)8-12(19-2)14(10)20-3/h8H,4-7H2,1-3H3. The van der Waals surface area contributed by atoms with Gasteiger partial charge in [0, 0.05) is 15.6 Å².